The van der Waals surface area contributed by atoms with E-state index in [2.05, 4.69) is 5.32 Å². The fourth-order valence-corrected chi connectivity index (χ4v) is 5.41. The number of nitrogens with one attached hydrogen (secondary N) is 1. The first-order valence-corrected chi connectivity index (χ1v) is 15.4. The SMILES string of the molecule is CNC(=O)S/C(C=O)=C(/C)C1C=CC=C(OCCOC2=C(c3ccc(OC)c(OC)c3)OC3=CC(OC)=CC(OC)=CC3C2=O)C=C1. The fourth-order valence-electron chi connectivity index (χ4n) is 4.76. The lowest BCUT2D eigenvalue weighted by Gasteiger charge is -2.27. The molecule has 12 heteroatoms. The number of fused-ring (bicyclic) bond motifs is 1. The molecular weight excluding hydrogens is 626 g/mol. The van der Waals surface area contributed by atoms with Gasteiger partial charge in [0, 0.05) is 30.7 Å². The molecule has 47 heavy (non-hydrogen) atoms. The first kappa shape index (κ1) is 34.8. The highest BCUT2D eigenvalue weighted by Crippen LogP contribution is 2.40. The van der Waals surface area contributed by atoms with Gasteiger partial charge in [-0.05, 0) is 60.7 Å². The van der Waals surface area contributed by atoms with Crippen LogP contribution in [0.5, 0.6) is 11.5 Å². The Hall–Kier alpha value is -5.10. The number of carbonyl (C=O) groups excluding carboxylic acids is 3. The molecule has 0 saturated heterocycles. The van der Waals surface area contributed by atoms with Crippen molar-refractivity contribution in [1.29, 1.82) is 0 Å². The molecule has 0 aromatic heterocycles. The third-order valence-electron chi connectivity index (χ3n) is 7.30. The van der Waals surface area contributed by atoms with Crippen molar-refractivity contribution >= 4 is 34.8 Å². The summed E-state index contributed by atoms with van der Waals surface area (Å²) in [6.45, 7) is 1.93. The van der Waals surface area contributed by atoms with Gasteiger partial charge in [0.2, 0.25) is 11.5 Å². The van der Waals surface area contributed by atoms with Crippen molar-refractivity contribution in [3.05, 3.63) is 112 Å². The van der Waals surface area contributed by atoms with Crippen LogP contribution in [0.3, 0.4) is 0 Å². The predicted octanol–water partition coefficient (Wildman–Crippen LogP) is 5.75. The summed E-state index contributed by atoms with van der Waals surface area (Å²) in [5, 5.41) is 2.18. The van der Waals surface area contributed by atoms with Crippen LogP contribution in [-0.2, 0) is 33.3 Å². The monoisotopic (exact) mass is 663 g/mol. The van der Waals surface area contributed by atoms with Crippen LogP contribution in [0.4, 0.5) is 4.79 Å². The number of aldehydes is 1. The van der Waals surface area contributed by atoms with E-state index in [9.17, 15) is 14.4 Å². The van der Waals surface area contributed by atoms with Gasteiger partial charge in [0.25, 0.3) is 5.24 Å². The van der Waals surface area contributed by atoms with E-state index in [-0.39, 0.29) is 41.7 Å². The van der Waals surface area contributed by atoms with Gasteiger partial charge in [-0.1, -0.05) is 18.2 Å². The molecule has 0 saturated carbocycles. The topological polar surface area (TPSA) is 128 Å². The van der Waals surface area contributed by atoms with E-state index in [0.717, 1.165) is 17.3 Å². The Morgan fingerprint density at radius 3 is 2.38 bits per heavy atom. The molecule has 1 aliphatic heterocycles. The van der Waals surface area contributed by atoms with Crippen LogP contribution in [0.25, 0.3) is 5.76 Å². The molecule has 1 N–H and O–H groups in total. The number of amides is 1. The first-order chi connectivity index (χ1) is 22.8. The van der Waals surface area contributed by atoms with Crippen LogP contribution in [0, 0.1) is 11.8 Å². The lowest BCUT2D eigenvalue weighted by Crippen LogP contribution is -2.27. The highest BCUT2D eigenvalue weighted by Gasteiger charge is 2.38. The first-order valence-electron chi connectivity index (χ1n) is 14.6. The number of allylic oxidation sites excluding steroid dienone is 11. The smallest absolute Gasteiger partial charge is 0.283 e. The maximum Gasteiger partial charge on any atom is 0.283 e. The van der Waals surface area contributed by atoms with Gasteiger partial charge in [-0.3, -0.25) is 14.4 Å². The summed E-state index contributed by atoms with van der Waals surface area (Å²) in [5.74, 6) is 1.57. The van der Waals surface area contributed by atoms with Gasteiger partial charge in [-0.15, -0.1) is 0 Å². The molecule has 1 heterocycles. The Morgan fingerprint density at radius 1 is 0.957 bits per heavy atom. The Morgan fingerprint density at radius 2 is 1.70 bits per heavy atom. The van der Waals surface area contributed by atoms with Crippen LogP contribution < -0.4 is 14.8 Å². The van der Waals surface area contributed by atoms with E-state index in [1.54, 1.807) is 55.5 Å². The average molecular weight is 664 g/mol. The number of rotatable bonds is 13. The maximum atomic E-state index is 14.0. The number of Topliss-reactive ketones (excluding diaryl/α,β-unsaturated/α-hetero) is 1. The molecule has 1 aromatic rings. The second-order valence-electron chi connectivity index (χ2n) is 10.1. The predicted molar refractivity (Wildman–Crippen MR) is 177 cm³/mol. The number of methoxy groups -OCH3 is 4. The minimum atomic E-state index is -0.822. The van der Waals surface area contributed by atoms with Gasteiger partial charge >= 0.3 is 0 Å². The molecule has 2 unspecified atom stereocenters. The van der Waals surface area contributed by atoms with E-state index in [1.165, 1.54) is 35.5 Å². The summed E-state index contributed by atoms with van der Waals surface area (Å²) in [6.07, 6.45) is 14.8. The minimum Gasteiger partial charge on any atom is -0.497 e. The van der Waals surface area contributed by atoms with Crippen molar-refractivity contribution in [3.63, 3.8) is 0 Å². The molecule has 0 bridgehead atoms. The summed E-state index contributed by atoms with van der Waals surface area (Å²) in [5.41, 5.74) is 1.27. The third-order valence-corrected chi connectivity index (χ3v) is 8.33. The standard InChI is InChI=1S/C35H37NO10S/c1-21(31(20-37)47-35(39)36-2)22-8-7-9-24(12-10-22)44-14-15-45-34-32(38)27-18-25(40-3)17-26(41-4)19-29(27)46-33(34)23-11-13-28(42-5)30(16-23)43-6/h7-13,16-20,22,27H,14-15H2,1-6H3,(H,36,39)/b31-21-. The number of ketones is 1. The van der Waals surface area contributed by atoms with Crippen LogP contribution in [0.2, 0.25) is 0 Å². The van der Waals surface area contributed by atoms with Gasteiger partial charge in [-0.25, -0.2) is 0 Å². The van der Waals surface area contributed by atoms with Crippen LogP contribution in [0.15, 0.2) is 106 Å². The van der Waals surface area contributed by atoms with E-state index in [0.29, 0.717) is 51.3 Å². The Bertz CT molecular complexity index is 1640. The number of benzene rings is 1. The van der Waals surface area contributed by atoms with Crippen molar-refractivity contribution in [2.45, 2.75) is 6.92 Å². The van der Waals surface area contributed by atoms with Gasteiger partial charge in [0.1, 0.15) is 42.2 Å². The molecule has 0 spiro atoms. The molecule has 3 aliphatic rings. The number of hydrogen-bond acceptors (Lipinski definition) is 11. The van der Waals surface area contributed by atoms with Gasteiger partial charge in [0.05, 0.1) is 33.3 Å². The maximum absolute atomic E-state index is 14.0. The van der Waals surface area contributed by atoms with Gasteiger partial charge in [0.15, 0.2) is 23.5 Å². The zero-order valence-corrected chi connectivity index (χ0v) is 27.8. The lowest BCUT2D eigenvalue weighted by atomic mass is 9.94. The number of ether oxygens (including phenoxy) is 7. The van der Waals surface area contributed by atoms with Crippen molar-refractivity contribution in [3.8, 4) is 11.5 Å². The van der Waals surface area contributed by atoms with E-state index in [4.69, 9.17) is 33.2 Å². The highest BCUT2D eigenvalue weighted by molar-refractivity contribution is 8.17. The summed E-state index contributed by atoms with van der Waals surface area (Å²) in [4.78, 5) is 37.7. The molecule has 248 valence electrons. The molecule has 1 aromatic carbocycles. The molecule has 4 rings (SSSR count). The molecule has 0 radical (unpaired) electrons. The van der Waals surface area contributed by atoms with Crippen molar-refractivity contribution in [1.82, 2.24) is 5.32 Å². The molecular formula is C35H37NO10S. The van der Waals surface area contributed by atoms with E-state index in [1.807, 2.05) is 18.2 Å². The summed E-state index contributed by atoms with van der Waals surface area (Å²) < 4.78 is 40.1. The Balaban J connectivity index is 1.55. The van der Waals surface area contributed by atoms with E-state index < -0.39 is 5.92 Å². The summed E-state index contributed by atoms with van der Waals surface area (Å²) >= 11 is 0.848. The minimum absolute atomic E-state index is 0.0108. The quantitative estimate of drug-likeness (QED) is 0.157. The number of thioether (sulfide) groups is 1. The zero-order valence-electron chi connectivity index (χ0n) is 27.0. The van der Waals surface area contributed by atoms with Gasteiger partial charge < -0.3 is 38.5 Å². The fraction of sp³-hybridized carbons (Fsp3) is 0.286. The Labute approximate surface area is 277 Å². The molecule has 2 atom stereocenters. The number of carbonyl (C=O) groups is 3. The Kier molecular flexibility index (Phi) is 12.2. The lowest BCUT2D eigenvalue weighted by molar-refractivity contribution is -0.122. The second-order valence-corrected chi connectivity index (χ2v) is 11.1. The van der Waals surface area contributed by atoms with Crippen molar-refractivity contribution < 1.29 is 47.5 Å². The second kappa shape index (κ2) is 16.5. The average Bonchev–Trinajstić information content (AvgIpc) is 3.45. The van der Waals surface area contributed by atoms with Crippen LogP contribution in [0.1, 0.15) is 12.5 Å². The van der Waals surface area contributed by atoms with Crippen molar-refractivity contribution in [2.24, 2.45) is 11.8 Å². The summed E-state index contributed by atoms with van der Waals surface area (Å²) in [6, 6.07) is 5.16. The normalized spacial score (nSPS) is 19.2. The third kappa shape index (κ3) is 8.39. The summed E-state index contributed by atoms with van der Waals surface area (Å²) in [7, 11) is 7.58. The van der Waals surface area contributed by atoms with Crippen LogP contribution >= 0.6 is 11.8 Å². The zero-order chi connectivity index (χ0) is 33.9. The molecule has 11 nitrogen and oxygen atoms in total. The largest absolute Gasteiger partial charge is 0.497 e. The molecule has 0 fully saturated rings. The van der Waals surface area contributed by atoms with Gasteiger partial charge in [-0.2, -0.15) is 0 Å². The molecule has 2 aliphatic carbocycles. The van der Waals surface area contributed by atoms with Crippen molar-refractivity contribution in [2.75, 3.05) is 48.7 Å². The number of hydrogen-bond donors (Lipinski definition) is 1. The van der Waals surface area contributed by atoms with E-state index >= 15 is 0 Å². The molecule has 1 amide bonds. The van der Waals surface area contributed by atoms with Crippen LogP contribution in [-0.4, -0.2) is 66.0 Å². The highest BCUT2D eigenvalue weighted by atomic mass is 32.2.